The standard InChI is InChI=1S/C17H25FN4O2/c1-3-19-17(22-14-6-9-16(23)20-11-14)21-10-12(2)24-15-7-4-13(18)5-8-15/h4-5,7-8,12,14H,3,6,9-11H2,1-2H3,(H,20,23)(H2,19,21,22). The van der Waals surface area contributed by atoms with E-state index in [2.05, 4.69) is 20.9 Å². The van der Waals surface area contributed by atoms with Crippen LogP contribution in [-0.2, 0) is 4.79 Å². The number of amides is 1. The van der Waals surface area contributed by atoms with E-state index in [9.17, 15) is 9.18 Å². The second-order valence-corrected chi connectivity index (χ2v) is 5.79. The first-order valence-corrected chi connectivity index (χ1v) is 8.30. The maximum atomic E-state index is 12.9. The minimum Gasteiger partial charge on any atom is -0.489 e. The Hall–Kier alpha value is -2.31. The second kappa shape index (κ2) is 9.10. The van der Waals surface area contributed by atoms with E-state index < -0.39 is 0 Å². The predicted octanol–water partition coefficient (Wildman–Crippen LogP) is 1.43. The second-order valence-electron chi connectivity index (χ2n) is 5.79. The van der Waals surface area contributed by atoms with Crippen LogP contribution in [0.25, 0.3) is 0 Å². The molecule has 1 heterocycles. The molecule has 0 aromatic heterocycles. The van der Waals surface area contributed by atoms with Crippen LogP contribution in [0.3, 0.4) is 0 Å². The molecule has 1 aromatic carbocycles. The van der Waals surface area contributed by atoms with Crippen molar-refractivity contribution < 1.29 is 13.9 Å². The lowest BCUT2D eigenvalue weighted by Gasteiger charge is -2.25. The maximum absolute atomic E-state index is 12.9. The summed E-state index contributed by atoms with van der Waals surface area (Å²) in [6.45, 7) is 5.73. The first-order chi connectivity index (χ1) is 11.6. The van der Waals surface area contributed by atoms with Gasteiger partial charge in [-0.05, 0) is 44.5 Å². The number of benzene rings is 1. The van der Waals surface area contributed by atoms with Gasteiger partial charge in [0.25, 0.3) is 0 Å². The number of halogens is 1. The van der Waals surface area contributed by atoms with Crippen LogP contribution in [0.5, 0.6) is 5.75 Å². The number of hydrogen-bond donors (Lipinski definition) is 3. The molecule has 6 nitrogen and oxygen atoms in total. The van der Waals surface area contributed by atoms with Crippen LogP contribution < -0.4 is 20.7 Å². The fraction of sp³-hybridized carbons (Fsp3) is 0.529. The fourth-order valence-electron chi connectivity index (χ4n) is 2.37. The highest BCUT2D eigenvalue weighted by molar-refractivity contribution is 5.81. The molecule has 0 spiro atoms. The zero-order valence-corrected chi connectivity index (χ0v) is 14.1. The number of ether oxygens (including phenoxy) is 1. The van der Waals surface area contributed by atoms with Gasteiger partial charge in [0.05, 0.1) is 6.54 Å². The molecule has 2 atom stereocenters. The number of nitrogens with zero attached hydrogens (tertiary/aromatic N) is 1. The molecule has 0 radical (unpaired) electrons. The van der Waals surface area contributed by atoms with Crippen LogP contribution in [0, 0.1) is 5.82 Å². The maximum Gasteiger partial charge on any atom is 0.220 e. The van der Waals surface area contributed by atoms with E-state index in [0.29, 0.717) is 31.2 Å². The van der Waals surface area contributed by atoms with Gasteiger partial charge in [0.15, 0.2) is 5.96 Å². The molecule has 1 saturated heterocycles. The monoisotopic (exact) mass is 336 g/mol. The van der Waals surface area contributed by atoms with Gasteiger partial charge in [0.2, 0.25) is 5.91 Å². The third-order valence-corrected chi connectivity index (χ3v) is 3.61. The van der Waals surface area contributed by atoms with E-state index in [1.807, 2.05) is 13.8 Å². The number of nitrogens with one attached hydrogen (secondary N) is 3. The van der Waals surface area contributed by atoms with E-state index in [1.54, 1.807) is 12.1 Å². The van der Waals surface area contributed by atoms with E-state index in [1.165, 1.54) is 12.1 Å². The quantitative estimate of drug-likeness (QED) is 0.543. The molecule has 1 fully saturated rings. The summed E-state index contributed by atoms with van der Waals surface area (Å²) in [6, 6.07) is 6.12. The van der Waals surface area contributed by atoms with Crippen LogP contribution in [0.4, 0.5) is 4.39 Å². The summed E-state index contributed by atoms with van der Waals surface area (Å²) in [5.41, 5.74) is 0. The van der Waals surface area contributed by atoms with Gasteiger partial charge in [0, 0.05) is 25.6 Å². The summed E-state index contributed by atoms with van der Waals surface area (Å²) in [7, 11) is 0. The van der Waals surface area contributed by atoms with E-state index in [4.69, 9.17) is 4.74 Å². The van der Waals surface area contributed by atoms with Gasteiger partial charge in [-0.2, -0.15) is 0 Å². The third-order valence-electron chi connectivity index (χ3n) is 3.61. The molecule has 0 aliphatic carbocycles. The molecule has 0 saturated carbocycles. The minimum absolute atomic E-state index is 0.0938. The topological polar surface area (TPSA) is 74.8 Å². The molecule has 2 unspecified atom stereocenters. The van der Waals surface area contributed by atoms with Gasteiger partial charge in [-0.15, -0.1) is 0 Å². The van der Waals surface area contributed by atoms with E-state index >= 15 is 0 Å². The van der Waals surface area contributed by atoms with Crippen molar-refractivity contribution in [2.24, 2.45) is 4.99 Å². The van der Waals surface area contributed by atoms with Crippen molar-refractivity contribution in [3.63, 3.8) is 0 Å². The lowest BCUT2D eigenvalue weighted by Crippen LogP contribution is -2.51. The summed E-state index contributed by atoms with van der Waals surface area (Å²) in [4.78, 5) is 15.7. The van der Waals surface area contributed by atoms with Crippen LogP contribution in [-0.4, -0.2) is 43.6 Å². The third kappa shape index (κ3) is 6.06. The summed E-state index contributed by atoms with van der Waals surface area (Å²) in [5, 5.41) is 9.35. The van der Waals surface area contributed by atoms with Crippen molar-refractivity contribution in [3.8, 4) is 5.75 Å². The van der Waals surface area contributed by atoms with Crippen molar-refractivity contribution in [2.45, 2.75) is 38.8 Å². The van der Waals surface area contributed by atoms with Gasteiger partial charge >= 0.3 is 0 Å². The number of piperidine rings is 1. The Morgan fingerprint density at radius 2 is 2.21 bits per heavy atom. The molecule has 0 bridgehead atoms. The van der Waals surface area contributed by atoms with Crippen LogP contribution >= 0.6 is 0 Å². The number of carbonyl (C=O) groups excluding carboxylic acids is 1. The first kappa shape index (κ1) is 18.0. The zero-order valence-electron chi connectivity index (χ0n) is 14.1. The summed E-state index contributed by atoms with van der Waals surface area (Å²) in [5.74, 6) is 1.13. The molecule has 24 heavy (non-hydrogen) atoms. The Labute approximate surface area is 141 Å². The van der Waals surface area contributed by atoms with Crippen molar-refractivity contribution >= 4 is 11.9 Å². The molecule has 2 rings (SSSR count). The van der Waals surface area contributed by atoms with Crippen molar-refractivity contribution in [1.82, 2.24) is 16.0 Å². The highest BCUT2D eigenvalue weighted by Crippen LogP contribution is 2.13. The van der Waals surface area contributed by atoms with Crippen LogP contribution in [0.15, 0.2) is 29.3 Å². The highest BCUT2D eigenvalue weighted by Gasteiger charge is 2.18. The normalized spacial score (nSPS) is 19.4. The van der Waals surface area contributed by atoms with Crippen LogP contribution in [0.2, 0.25) is 0 Å². The van der Waals surface area contributed by atoms with E-state index in [0.717, 1.165) is 13.0 Å². The zero-order chi connectivity index (χ0) is 17.4. The molecule has 1 amide bonds. The summed E-state index contributed by atoms with van der Waals surface area (Å²) < 4.78 is 18.6. The molecule has 1 aromatic rings. The van der Waals surface area contributed by atoms with Crippen molar-refractivity contribution in [2.75, 3.05) is 19.6 Å². The van der Waals surface area contributed by atoms with Gasteiger partial charge in [-0.3, -0.25) is 4.79 Å². The lowest BCUT2D eigenvalue weighted by molar-refractivity contribution is -0.122. The van der Waals surface area contributed by atoms with Gasteiger partial charge in [0.1, 0.15) is 17.7 Å². The SMILES string of the molecule is CCNC(=NCC(C)Oc1ccc(F)cc1)NC1CCC(=O)NC1. The molecule has 1 aliphatic heterocycles. The molecule has 7 heteroatoms. The average Bonchev–Trinajstić information content (AvgIpc) is 2.57. The van der Waals surface area contributed by atoms with Gasteiger partial charge in [-0.25, -0.2) is 9.38 Å². The van der Waals surface area contributed by atoms with Gasteiger partial charge < -0.3 is 20.7 Å². The van der Waals surface area contributed by atoms with E-state index in [-0.39, 0.29) is 23.9 Å². The molecule has 1 aliphatic rings. The Kier molecular flexibility index (Phi) is 6.84. The molecular formula is C17H25FN4O2. The Bertz CT molecular complexity index is 552. The number of guanidine groups is 1. The number of rotatable bonds is 6. The number of hydrogen-bond acceptors (Lipinski definition) is 3. The number of aliphatic imine (C=N–C) groups is 1. The lowest BCUT2D eigenvalue weighted by atomic mass is 10.1. The number of carbonyl (C=O) groups is 1. The largest absolute Gasteiger partial charge is 0.489 e. The Morgan fingerprint density at radius 1 is 1.46 bits per heavy atom. The van der Waals surface area contributed by atoms with Crippen LogP contribution in [0.1, 0.15) is 26.7 Å². The first-order valence-electron chi connectivity index (χ1n) is 8.30. The average molecular weight is 336 g/mol. The fourth-order valence-corrected chi connectivity index (χ4v) is 2.37. The highest BCUT2D eigenvalue weighted by atomic mass is 19.1. The van der Waals surface area contributed by atoms with Crippen molar-refractivity contribution in [3.05, 3.63) is 30.1 Å². The summed E-state index contributed by atoms with van der Waals surface area (Å²) >= 11 is 0. The van der Waals surface area contributed by atoms with Gasteiger partial charge in [-0.1, -0.05) is 0 Å². The predicted molar refractivity (Wildman–Crippen MR) is 91.6 cm³/mol. The minimum atomic E-state index is -0.286. The Balaban J connectivity index is 1.84. The summed E-state index contributed by atoms with van der Waals surface area (Å²) in [6.07, 6.45) is 1.18. The molecular weight excluding hydrogens is 311 g/mol. The smallest absolute Gasteiger partial charge is 0.220 e. The van der Waals surface area contributed by atoms with Crippen molar-refractivity contribution in [1.29, 1.82) is 0 Å². The molecule has 3 N–H and O–H groups in total. The molecule has 132 valence electrons. The Morgan fingerprint density at radius 3 is 2.83 bits per heavy atom.